The molecule has 5 heavy (non-hydrogen) atoms. The maximum atomic E-state index is 8.86. The van der Waals surface area contributed by atoms with Gasteiger partial charge in [-0.15, -0.1) is 0 Å². The molecule has 0 unspecified atom stereocenters. The zero-order valence-electron chi connectivity index (χ0n) is 2.25. The van der Waals surface area contributed by atoms with Crippen molar-refractivity contribution in [2.24, 2.45) is 5.11 Å². The number of nitrogens with zero attached hydrogens (tertiary/aromatic N) is 3. The minimum absolute atomic E-state index is 0.976. The summed E-state index contributed by atoms with van der Waals surface area (Å²) in [7, 11) is 0. The molecule has 0 rings (SSSR count). The minimum Gasteiger partial charge on any atom is -0.283 e. The minimum atomic E-state index is 0.976. The largest absolute Gasteiger partial charge is 0.291 e. The van der Waals surface area contributed by atoms with Gasteiger partial charge in [0, 0.05) is 4.91 Å². The van der Waals surface area contributed by atoms with Crippen LogP contribution in [0.5, 0.6) is 0 Å². The van der Waals surface area contributed by atoms with Crippen LogP contribution in [-0.2, 0) is 4.79 Å². The van der Waals surface area contributed by atoms with Gasteiger partial charge in [0.15, 0.2) is 0 Å². The van der Waals surface area contributed by atoms with Crippen molar-refractivity contribution in [1.29, 1.82) is 0 Å². The average Bonchev–Trinajstić information content (AvgIpc) is 1.41. The summed E-state index contributed by atoms with van der Waals surface area (Å²) in [5, 5.41) is 2.35. The summed E-state index contributed by atoms with van der Waals surface area (Å²) in [6.45, 7) is 0. The molecule has 0 aliphatic heterocycles. The molecule has 0 aromatic heterocycles. The van der Waals surface area contributed by atoms with Crippen LogP contribution in [-0.4, -0.2) is 6.41 Å². The lowest BCUT2D eigenvalue weighted by atomic mass is 11.5. The van der Waals surface area contributed by atoms with Gasteiger partial charge < -0.3 is 0 Å². The fourth-order valence-electron chi connectivity index (χ4n) is 0.0183. The van der Waals surface area contributed by atoms with Gasteiger partial charge in [0.25, 0.3) is 6.41 Å². The fraction of sp³-hybridized carbons (Fsp3) is 0. The van der Waals surface area contributed by atoms with E-state index in [4.69, 9.17) is 10.3 Å². The first kappa shape index (κ1) is 3.98. The summed E-state index contributed by atoms with van der Waals surface area (Å²) >= 11 is 0. The van der Waals surface area contributed by atoms with Gasteiger partial charge in [-0.2, -0.15) is 0 Å². The van der Waals surface area contributed by atoms with E-state index >= 15 is 0 Å². The van der Waals surface area contributed by atoms with Crippen molar-refractivity contribution in [2.45, 2.75) is 0 Å². The predicted molar refractivity (Wildman–Crippen MR) is 14.8 cm³/mol. The van der Waals surface area contributed by atoms with E-state index in [9.17, 15) is 0 Å². The highest BCUT2D eigenvalue weighted by Gasteiger charge is 1.50. The zero-order valence-corrected chi connectivity index (χ0v) is 2.25. The normalized spacial score (nSPS) is 4.80. The van der Waals surface area contributed by atoms with Crippen LogP contribution in [0.25, 0.3) is 10.4 Å². The van der Waals surface area contributed by atoms with Crippen LogP contribution in [0.1, 0.15) is 0 Å². The quantitative estimate of drug-likeness (QED) is 0.249. The van der Waals surface area contributed by atoms with Crippen LogP contribution in [0.2, 0.25) is 0 Å². The zero-order chi connectivity index (χ0) is 4.12. The number of carbonyl (C=O) groups excluding carboxylic acids is 1. The molecule has 0 fully saturated rings. The van der Waals surface area contributed by atoms with Crippen LogP contribution in [0.3, 0.4) is 0 Å². The molecule has 0 spiro atoms. The van der Waals surface area contributed by atoms with Crippen molar-refractivity contribution >= 4 is 6.41 Å². The van der Waals surface area contributed by atoms with Crippen molar-refractivity contribution in [1.82, 2.24) is 0 Å². The maximum absolute atomic E-state index is 8.86. The highest BCUT2D eigenvalue weighted by Crippen LogP contribution is 1.50. The van der Waals surface area contributed by atoms with Crippen molar-refractivity contribution in [3.05, 3.63) is 10.4 Å². The van der Waals surface area contributed by atoms with E-state index in [1.54, 1.807) is 0 Å². The van der Waals surface area contributed by atoms with Crippen molar-refractivity contribution in [3.63, 3.8) is 0 Å². The Hall–Kier alpha value is -1.02. The molecule has 0 saturated heterocycles. The Balaban J connectivity index is 3.31. The number of rotatable bonds is 1. The van der Waals surface area contributed by atoms with Gasteiger partial charge in [-0.25, -0.2) is 0 Å². The molecule has 0 N–H and O–H groups in total. The monoisotopic (exact) mass is 70.0 g/mol. The maximum Gasteiger partial charge on any atom is 0.291 e. The Morgan fingerprint density at radius 2 is 2.60 bits per heavy atom. The SMILES string of the molecule is [N-]=[N+]=N[C]=O. The van der Waals surface area contributed by atoms with Crippen LogP contribution in [0.15, 0.2) is 5.11 Å². The Kier molecular flexibility index (Phi) is 2.37. The number of hydrogen-bond acceptors (Lipinski definition) is 1. The second-order valence-electron chi connectivity index (χ2n) is 0.281. The van der Waals surface area contributed by atoms with Gasteiger partial charge in [0.1, 0.15) is 0 Å². The molecular formula is CN3O. The first-order valence-electron chi connectivity index (χ1n) is 0.828. The first-order chi connectivity index (χ1) is 2.41. The van der Waals surface area contributed by atoms with Gasteiger partial charge in [-0.05, 0) is 10.6 Å². The summed E-state index contributed by atoms with van der Waals surface area (Å²) in [4.78, 5) is 10.9. The summed E-state index contributed by atoms with van der Waals surface area (Å²) in [5.41, 5.74) is 7.26. The van der Waals surface area contributed by atoms with E-state index in [2.05, 4.69) is 10.0 Å². The number of azide groups is 1. The highest BCUT2D eigenvalue weighted by atomic mass is 16.1. The van der Waals surface area contributed by atoms with E-state index in [0.29, 0.717) is 0 Å². The summed E-state index contributed by atoms with van der Waals surface area (Å²) < 4.78 is 0. The Labute approximate surface area is 28.0 Å². The molecule has 1 amide bonds. The lowest BCUT2D eigenvalue weighted by molar-refractivity contribution is 0.557. The molecular weight excluding hydrogens is 70.0 g/mol. The molecule has 0 aromatic carbocycles. The van der Waals surface area contributed by atoms with Gasteiger partial charge in [-0.3, -0.25) is 4.79 Å². The smallest absolute Gasteiger partial charge is 0.283 e. The van der Waals surface area contributed by atoms with Crippen molar-refractivity contribution in [2.75, 3.05) is 0 Å². The molecule has 0 aliphatic rings. The number of hydrogen-bond donors (Lipinski definition) is 0. The van der Waals surface area contributed by atoms with E-state index in [-0.39, 0.29) is 0 Å². The standard InChI is InChI=1S/CN3O/c2-4-3-1-5. The van der Waals surface area contributed by atoms with Gasteiger partial charge >= 0.3 is 0 Å². The van der Waals surface area contributed by atoms with E-state index in [1.807, 2.05) is 0 Å². The van der Waals surface area contributed by atoms with Crippen LogP contribution < -0.4 is 0 Å². The summed E-state index contributed by atoms with van der Waals surface area (Å²) in [5.74, 6) is 0. The topological polar surface area (TPSA) is 65.8 Å². The van der Waals surface area contributed by atoms with Crippen molar-refractivity contribution in [3.8, 4) is 0 Å². The third-order valence-electron chi connectivity index (χ3n) is 0.0855. The molecule has 0 bridgehead atoms. The Morgan fingerprint density at radius 3 is 2.60 bits per heavy atom. The third kappa shape index (κ3) is 2.98. The Morgan fingerprint density at radius 1 is 2.00 bits per heavy atom. The Bertz CT molecular complexity index is 71.0. The predicted octanol–water partition coefficient (Wildman–Crippen LogP) is 0.364. The molecule has 0 saturated carbocycles. The first-order valence-corrected chi connectivity index (χ1v) is 0.828. The highest BCUT2D eigenvalue weighted by molar-refractivity contribution is 5.47. The second-order valence-corrected chi connectivity index (χ2v) is 0.281. The third-order valence-corrected chi connectivity index (χ3v) is 0.0855. The summed E-state index contributed by atoms with van der Waals surface area (Å²) in [6, 6.07) is 0. The van der Waals surface area contributed by atoms with Gasteiger partial charge in [0.05, 0.1) is 0 Å². The molecule has 1 radical (unpaired) electrons. The molecule has 0 atom stereocenters. The molecule has 4 nitrogen and oxygen atoms in total. The van der Waals surface area contributed by atoms with Crippen molar-refractivity contribution < 1.29 is 4.79 Å². The summed E-state index contributed by atoms with van der Waals surface area (Å²) in [6.07, 6.45) is 0.976. The molecule has 25 valence electrons. The van der Waals surface area contributed by atoms with Crippen LogP contribution in [0.4, 0.5) is 0 Å². The van der Waals surface area contributed by atoms with E-state index in [0.717, 1.165) is 6.41 Å². The molecule has 0 aliphatic carbocycles. The van der Waals surface area contributed by atoms with E-state index in [1.165, 1.54) is 0 Å². The fourth-order valence-corrected chi connectivity index (χ4v) is 0.0183. The molecule has 4 heteroatoms. The van der Waals surface area contributed by atoms with Gasteiger partial charge in [0.2, 0.25) is 0 Å². The average molecular weight is 70.0 g/mol. The van der Waals surface area contributed by atoms with Crippen LogP contribution >= 0.6 is 0 Å². The second kappa shape index (κ2) is 2.98. The van der Waals surface area contributed by atoms with E-state index < -0.39 is 0 Å². The molecule has 0 aromatic rings. The van der Waals surface area contributed by atoms with Crippen LogP contribution in [0, 0.1) is 0 Å². The van der Waals surface area contributed by atoms with Gasteiger partial charge in [-0.1, -0.05) is 0 Å². The molecule has 0 heterocycles. The lowest BCUT2D eigenvalue weighted by Gasteiger charge is -1.36. The lowest BCUT2D eigenvalue weighted by Crippen LogP contribution is -1.44. The number of amides is 1.